The van der Waals surface area contributed by atoms with E-state index in [0.717, 1.165) is 17.2 Å². The number of nitrogens with one attached hydrogen (secondary N) is 1. The number of hydrogen-bond donors (Lipinski definition) is 1. The van der Waals surface area contributed by atoms with Crippen LogP contribution in [0.4, 0.5) is 13.2 Å². The van der Waals surface area contributed by atoms with Crippen molar-refractivity contribution in [1.82, 2.24) is 20.1 Å². The number of ether oxygens (including phenoxy) is 1. The van der Waals surface area contributed by atoms with Gasteiger partial charge in [0.1, 0.15) is 5.69 Å². The Labute approximate surface area is 194 Å². The number of carbonyl (C=O) groups excluding carboxylic acids is 1. The maximum Gasteiger partial charge on any atom is 0.417 e. The molecule has 4 rings (SSSR count). The molecule has 0 bridgehead atoms. The SMILES string of the molecule is Cc1cccc(-c2nn(C)c3nc(OCC(=O)NC(C)c4ccccc4)cc(C(F)(F)F)c23)c1. The molecule has 1 atom stereocenters. The predicted octanol–water partition coefficient (Wildman–Crippen LogP) is 5.22. The second-order valence-corrected chi connectivity index (χ2v) is 8.03. The fourth-order valence-electron chi connectivity index (χ4n) is 3.76. The highest BCUT2D eigenvalue weighted by Crippen LogP contribution is 2.40. The largest absolute Gasteiger partial charge is 0.467 e. The molecule has 0 aliphatic heterocycles. The lowest BCUT2D eigenvalue weighted by Crippen LogP contribution is -2.31. The number of halogens is 3. The lowest BCUT2D eigenvalue weighted by Gasteiger charge is -2.15. The number of nitrogens with zero attached hydrogens (tertiary/aromatic N) is 3. The van der Waals surface area contributed by atoms with Gasteiger partial charge in [0.05, 0.1) is 17.0 Å². The molecule has 4 aromatic rings. The molecule has 34 heavy (non-hydrogen) atoms. The zero-order chi connectivity index (χ0) is 24.5. The van der Waals surface area contributed by atoms with Crippen molar-refractivity contribution >= 4 is 16.9 Å². The molecular formula is C25H23F3N4O2. The minimum atomic E-state index is -4.68. The van der Waals surface area contributed by atoms with Gasteiger partial charge in [-0.25, -0.2) is 4.68 Å². The molecule has 9 heteroatoms. The number of amides is 1. The molecule has 6 nitrogen and oxygen atoms in total. The van der Waals surface area contributed by atoms with E-state index >= 15 is 0 Å². The molecule has 2 aromatic carbocycles. The van der Waals surface area contributed by atoms with Crippen LogP contribution in [0, 0.1) is 6.92 Å². The van der Waals surface area contributed by atoms with E-state index in [1.807, 2.05) is 50.2 Å². The van der Waals surface area contributed by atoms with E-state index in [-0.39, 0.29) is 28.6 Å². The van der Waals surface area contributed by atoms with Crippen molar-refractivity contribution < 1.29 is 22.7 Å². The second-order valence-electron chi connectivity index (χ2n) is 8.03. The van der Waals surface area contributed by atoms with E-state index in [1.54, 1.807) is 18.2 Å². The van der Waals surface area contributed by atoms with Crippen molar-refractivity contribution in [1.29, 1.82) is 0 Å². The summed E-state index contributed by atoms with van der Waals surface area (Å²) in [6, 6.07) is 16.9. The van der Waals surface area contributed by atoms with Crippen LogP contribution in [0.25, 0.3) is 22.3 Å². The first-order valence-electron chi connectivity index (χ1n) is 10.6. The topological polar surface area (TPSA) is 69.0 Å². The van der Waals surface area contributed by atoms with Gasteiger partial charge in [0.25, 0.3) is 5.91 Å². The van der Waals surface area contributed by atoms with Crippen LogP contribution in [-0.2, 0) is 18.0 Å². The fourth-order valence-corrected chi connectivity index (χ4v) is 3.76. The third-order valence-corrected chi connectivity index (χ3v) is 5.40. The highest BCUT2D eigenvalue weighted by molar-refractivity contribution is 5.94. The summed E-state index contributed by atoms with van der Waals surface area (Å²) in [5.41, 5.74) is 1.62. The second kappa shape index (κ2) is 9.17. The number of hydrogen-bond acceptors (Lipinski definition) is 4. The maximum atomic E-state index is 14.0. The summed E-state index contributed by atoms with van der Waals surface area (Å²) in [5, 5.41) is 6.95. The average Bonchev–Trinajstić information content (AvgIpc) is 3.13. The van der Waals surface area contributed by atoms with Crippen molar-refractivity contribution in [3.8, 4) is 17.1 Å². The van der Waals surface area contributed by atoms with Gasteiger partial charge in [0, 0.05) is 18.7 Å². The van der Waals surface area contributed by atoms with Gasteiger partial charge in [0.15, 0.2) is 12.3 Å². The highest BCUT2D eigenvalue weighted by atomic mass is 19.4. The predicted molar refractivity (Wildman–Crippen MR) is 122 cm³/mol. The van der Waals surface area contributed by atoms with Gasteiger partial charge in [-0.1, -0.05) is 54.1 Å². The third kappa shape index (κ3) is 4.88. The zero-order valence-corrected chi connectivity index (χ0v) is 18.8. The van der Waals surface area contributed by atoms with Gasteiger partial charge < -0.3 is 10.1 Å². The first-order chi connectivity index (χ1) is 16.1. The van der Waals surface area contributed by atoms with Gasteiger partial charge in [-0.15, -0.1) is 0 Å². The van der Waals surface area contributed by atoms with E-state index in [1.165, 1.54) is 11.7 Å². The van der Waals surface area contributed by atoms with Crippen molar-refractivity contribution in [2.75, 3.05) is 6.61 Å². The van der Waals surface area contributed by atoms with Crippen molar-refractivity contribution in [2.45, 2.75) is 26.1 Å². The lowest BCUT2D eigenvalue weighted by molar-refractivity contribution is -0.136. The van der Waals surface area contributed by atoms with Crippen LogP contribution in [0.1, 0.15) is 29.7 Å². The van der Waals surface area contributed by atoms with Crippen molar-refractivity contribution in [2.24, 2.45) is 7.05 Å². The molecule has 0 radical (unpaired) electrons. The minimum Gasteiger partial charge on any atom is -0.467 e. The molecule has 0 fully saturated rings. The Hall–Kier alpha value is -3.88. The van der Waals surface area contributed by atoms with Gasteiger partial charge in [-0.2, -0.15) is 23.3 Å². The summed E-state index contributed by atoms with van der Waals surface area (Å²) >= 11 is 0. The Bertz CT molecular complexity index is 1330. The first kappa shape index (κ1) is 23.3. The maximum absolute atomic E-state index is 14.0. The van der Waals surface area contributed by atoms with Crippen LogP contribution in [0.3, 0.4) is 0 Å². The monoisotopic (exact) mass is 468 g/mol. The number of aryl methyl sites for hydroxylation is 2. The number of pyridine rings is 1. The van der Waals surface area contributed by atoms with Crippen LogP contribution >= 0.6 is 0 Å². The van der Waals surface area contributed by atoms with Crippen LogP contribution in [0.2, 0.25) is 0 Å². The molecule has 176 valence electrons. The number of benzene rings is 2. The van der Waals surface area contributed by atoms with Crippen LogP contribution in [0.5, 0.6) is 5.88 Å². The van der Waals surface area contributed by atoms with Gasteiger partial charge in [0.2, 0.25) is 5.88 Å². The number of alkyl halides is 3. The Morgan fingerprint density at radius 1 is 1.12 bits per heavy atom. The molecule has 0 saturated heterocycles. The summed E-state index contributed by atoms with van der Waals surface area (Å²) in [5.74, 6) is -0.779. The third-order valence-electron chi connectivity index (χ3n) is 5.40. The summed E-state index contributed by atoms with van der Waals surface area (Å²) in [6.07, 6.45) is -4.68. The van der Waals surface area contributed by atoms with E-state index in [0.29, 0.717) is 5.56 Å². The lowest BCUT2D eigenvalue weighted by atomic mass is 10.0. The molecule has 2 aromatic heterocycles. The summed E-state index contributed by atoms with van der Waals surface area (Å²) < 4.78 is 48.8. The van der Waals surface area contributed by atoms with Crippen molar-refractivity contribution in [3.63, 3.8) is 0 Å². The Morgan fingerprint density at radius 2 is 1.85 bits per heavy atom. The Kier molecular flexibility index (Phi) is 6.28. The number of carbonyl (C=O) groups is 1. The first-order valence-corrected chi connectivity index (χ1v) is 10.6. The van der Waals surface area contributed by atoms with E-state index in [4.69, 9.17) is 4.74 Å². The van der Waals surface area contributed by atoms with E-state index < -0.39 is 24.3 Å². The molecule has 0 aliphatic rings. The van der Waals surface area contributed by atoms with Gasteiger partial charge in [-0.05, 0) is 25.5 Å². The van der Waals surface area contributed by atoms with Gasteiger partial charge in [-0.3, -0.25) is 4.79 Å². The van der Waals surface area contributed by atoms with Crippen molar-refractivity contribution in [3.05, 3.63) is 77.4 Å². The van der Waals surface area contributed by atoms with E-state index in [2.05, 4.69) is 15.4 Å². The molecule has 0 saturated carbocycles. The molecule has 0 spiro atoms. The fraction of sp³-hybridized carbons (Fsp3) is 0.240. The highest BCUT2D eigenvalue weighted by Gasteiger charge is 2.36. The van der Waals surface area contributed by atoms with E-state index in [9.17, 15) is 18.0 Å². The average molecular weight is 468 g/mol. The van der Waals surface area contributed by atoms with Gasteiger partial charge >= 0.3 is 6.18 Å². The molecule has 2 heterocycles. The quantitative estimate of drug-likeness (QED) is 0.421. The minimum absolute atomic E-state index is 0.0133. The number of aromatic nitrogens is 3. The normalized spacial score (nSPS) is 12.5. The van der Waals surface area contributed by atoms with Crippen LogP contribution in [-0.4, -0.2) is 27.3 Å². The summed E-state index contributed by atoms with van der Waals surface area (Å²) in [7, 11) is 1.52. The summed E-state index contributed by atoms with van der Waals surface area (Å²) in [4.78, 5) is 16.6. The standard InChI is InChI=1S/C25H23F3N4O2/c1-15-8-7-11-18(12-15)23-22-19(25(26,27)28)13-21(30-24(22)32(3)31-23)34-14-20(33)29-16(2)17-9-5-4-6-10-17/h4-13,16H,14H2,1-3H3,(H,29,33). The molecule has 0 aliphatic carbocycles. The molecule has 1 N–H and O–H groups in total. The van der Waals surface area contributed by atoms with Crippen LogP contribution < -0.4 is 10.1 Å². The summed E-state index contributed by atoms with van der Waals surface area (Å²) in [6.45, 7) is 3.19. The molecule has 1 amide bonds. The number of rotatable bonds is 6. The Balaban J connectivity index is 1.63. The Morgan fingerprint density at radius 3 is 2.53 bits per heavy atom. The smallest absolute Gasteiger partial charge is 0.417 e. The molecular weight excluding hydrogens is 445 g/mol. The zero-order valence-electron chi connectivity index (χ0n) is 18.8. The molecule has 1 unspecified atom stereocenters. The number of fused-ring (bicyclic) bond motifs is 1. The van der Waals surface area contributed by atoms with Crippen LogP contribution in [0.15, 0.2) is 60.7 Å².